The van der Waals surface area contributed by atoms with Crippen LogP contribution in [-0.2, 0) is 0 Å². The average Bonchev–Trinajstić information content (AvgIpc) is 3.27. The van der Waals surface area contributed by atoms with Crippen LogP contribution in [0.25, 0.3) is 64.8 Å². The van der Waals surface area contributed by atoms with E-state index in [9.17, 15) is 0 Å². The van der Waals surface area contributed by atoms with Gasteiger partial charge >= 0.3 is 0 Å². The zero-order chi connectivity index (χ0) is 37.0. The van der Waals surface area contributed by atoms with Gasteiger partial charge in [-0.3, -0.25) is 4.98 Å². The Balaban J connectivity index is 1.09. The lowest BCUT2D eigenvalue weighted by atomic mass is 10.0. The van der Waals surface area contributed by atoms with Crippen LogP contribution in [-0.4, -0.2) is 4.98 Å². The highest BCUT2D eigenvalue weighted by Gasteiger charge is 2.21. The fourth-order valence-corrected chi connectivity index (χ4v) is 8.60. The second-order valence-electron chi connectivity index (χ2n) is 14.4. The van der Waals surface area contributed by atoms with E-state index in [0.717, 1.165) is 50.4 Å². The molecule has 0 radical (unpaired) electrons. The van der Waals surface area contributed by atoms with Gasteiger partial charge in [0.15, 0.2) is 0 Å². The van der Waals surface area contributed by atoms with Crippen molar-refractivity contribution in [3.63, 3.8) is 0 Å². The van der Waals surface area contributed by atoms with Crippen molar-refractivity contribution in [2.24, 2.45) is 0 Å². The van der Waals surface area contributed by atoms with Crippen molar-refractivity contribution in [2.45, 2.75) is 0 Å². The minimum Gasteiger partial charge on any atom is -0.309 e. The third kappa shape index (κ3) is 5.25. The predicted molar refractivity (Wildman–Crippen MR) is 239 cm³/mol. The van der Waals surface area contributed by atoms with Crippen molar-refractivity contribution in [1.29, 1.82) is 0 Å². The number of nitrogens with zero attached hydrogens (tertiary/aromatic N) is 3. The minimum absolute atomic E-state index is 0.952. The van der Waals surface area contributed by atoms with Crippen LogP contribution < -0.4 is 9.80 Å². The number of anilines is 6. The summed E-state index contributed by atoms with van der Waals surface area (Å²) < 4.78 is 0. The molecule has 0 saturated carbocycles. The molecule has 0 aliphatic rings. The highest BCUT2D eigenvalue weighted by Crippen LogP contribution is 2.45. The molecule has 262 valence electrons. The summed E-state index contributed by atoms with van der Waals surface area (Å²) in [7, 11) is 0. The molecule has 1 aromatic heterocycles. The lowest BCUT2D eigenvalue weighted by molar-refractivity contribution is 1.31. The van der Waals surface area contributed by atoms with Crippen LogP contribution in [0.1, 0.15) is 0 Å². The molecule has 3 heteroatoms. The molecule has 0 aliphatic heterocycles. The maximum absolute atomic E-state index is 5.17. The molecule has 0 unspecified atom stereocenters. The quantitative estimate of drug-likeness (QED) is 0.160. The van der Waals surface area contributed by atoms with Gasteiger partial charge < -0.3 is 9.80 Å². The first-order valence-electron chi connectivity index (χ1n) is 19.1. The Labute approximate surface area is 324 Å². The topological polar surface area (TPSA) is 19.4 Å². The van der Waals surface area contributed by atoms with Gasteiger partial charge in [0.25, 0.3) is 0 Å². The minimum atomic E-state index is 0.952. The van der Waals surface area contributed by atoms with Crippen LogP contribution in [0.3, 0.4) is 0 Å². The van der Waals surface area contributed by atoms with Crippen molar-refractivity contribution in [1.82, 2.24) is 4.98 Å². The average molecular weight is 714 g/mol. The molecular weight excluding hydrogens is 679 g/mol. The maximum Gasteiger partial charge on any atom is 0.0729 e. The number of benzene rings is 10. The van der Waals surface area contributed by atoms with E-state index in [1.165, 1.54) is 48.5 Å². The monoisotopic (exact) mass is 713 g/mol. The summed E-state index contributed by atoms with van der Waals surface area (Å²) >= 11 is 0. The number of rotatable bonds is 6. The molecule has 11 rings (SSSR count). The summed E-state index contributed by atoms with van der Waals surface area (Å²) in [5, 5.41) is 13.0. The van der Waals surface area contributed by atoms with Gasteiger partial charge in [-0.15, -0.1) is 0 Å². The Hall–Kier alpha value is -7.49. The molecule has 1 heterocycles. The molecule has 0 amide bonds. The lowest BCUT2D eigenvalue weighted by Crippen LogP contribution is -2.11. The highest BCUT2D eigenvalue weighted by molar-refractivity contribution is 6.11. The molecule has 10 aromatic carbocycles. The number of fused-ring (bicyclic) bond motifs is 7. The van der Waals surface area contributed by atoms with Gasteiger partial charge in [0.05, 0.1) is 28.3 Å². The molecule has 0 saturated heterocycles. The Bertz CT molecular complexity index is 2890. The zero-order valence-electron chi connectivity index (χ0n) is 30.5. The highest BCUT2D eigenvalue weighted by atomic mass is 15.2. The van der Waals surface area contributed by atoms with Crippen molar-refractivity contribution < 1.29 is 0 Å². The van der Waals surface area contributed by atoms with Crippen molar-refractivity contribution in [3.05, 3.63) is 212 Å². The number of pyridine rings is 1. The van der Waals surface area contributed by atoms with Crippen molar-refractivity contribution >= 4 is 98.9 Å². The van der Waals surface area contributed by atoms with E-state index in [0.29, 0.717) is 0 Å². The molecule has 0 atom stereocenters. The van der Waals surface area contributed by atoms with E-state index in [2.05, 4.69) is 216 Å². The van der Waals surface area contributed by atoms with E-state index in [1.54, 1.807) is 0 Å². The van der Waals surface area contributed by atoms with Crippen LogP contribution in [0.4, 0.5) is 34.1 Å². The van der Waals surface area contributed by atoms with E-state index in [-0.39, 0.29) is 0 Å². The second-order valence-corrected chi connectivity index (χ2v) is 14.4. The lowest BCUT2D eigenvalue weighted by Gasteiger charge is -2.29. The van der Waals surface area contributed by atoms with Gasteiger partial charge in [0.2, 0.25) is 0 Å². The molecule has 0 fully saturated rings. The fourth-order valence-electron chi connectivity index (χ4n) is 8.60. The van der Waals surface area contributed by atoms with Crippen molar-refractivity contribution in [2.75, 3.05) is 9.80 Å². The fraction of sp³-hybridized carbons (Fsp3) is 0. The molecule has 0 aliphatic carbocycles. The molecule has 0 spiro atoms. The molecule has 0 bridgehead atoms. The van der Waals surface area contributed by atoms with Gasteiger partial charge in [-0.2, -0.15) is 0 Å². The third-order valence-corrected chi connectivity index (χ3v) is 11.2. The molecular formula is C53H35N3. The molecule has 0 N–H and O–H groups in total. The van der Waals surface area contributed by atoms with Gasteiger partial charge in [0.1, 0.15) is 0 Å². The Morgan fingerprint density at radius 3 is 1.05 bits per heavy atom. The van der Waals surface area contributed by atoms with E-state index >= 15 is 0 Å². The van der Waals surface area contributed by atoms with E-state index in [4.69, 9.17) is 4.98 Å². The Morgan fingerprint density at radius 2 is 0.625 bits per heavy atom. The molecule has 56 heavy (non-hydrogen) atoms. The number of hydrogen-bond donors (Lipinski definition) is 0. The molecule has 11 aromatic rings. The van der Waals surface area contributed by atoms with Gasteiger partial charge in [0, 0.05) is 49.9 Å². The van der Waals surface area contributed by atoms with Gasteiger partial charge in [-0.05, 0) is 75.5 Å². The zero-order valence-corrected chi connectivity index (χ0v) is 30.5. The largest absolute Gasteiger partial charge is 0.309 e. The van der Waals surface area contributed by atoms with Crippen LogP contribution in [0.5, 0.6) is 0 Å². The van der Waals surface area contributed by atoms with Crippen molar-refractivity contribution in [3.8, 4) is 0 Å². The Morgan fingerprint density at radius 1 is 0.268 bits per heavy atom. The summed E-state index contributed by atoms with van der Waals surface area (Å²) in [5.74, 6) is 0. The number of aromatic nitrogens is 1. The summed E-state index contributed by atoms with van der Waals surface area (Å²) in [6.45, 7) is 0. The second kappa shape index (κ2) is 13.1. The SMILES string of the molecule is c1ccc2c(N(c3ccc4c(cnc5cc(N(c6cccc7ccccc67)c6cccc7ccccc67)ccc54)c3)c3cccc4ccccc34)cccc2c1. The van der Waals surface area contributed by atoms with E-state index < -0.39 is 0 Å². The molecule has 3 nitrogen and oxygen atoms in total. The first kappa shape index (κ1) is 32.0. The third-order valence-electron chi connectivity index (χ3n) is 11.2. The van der Waals surface area contributed by atoms with Gasteiger partial charge in [-0.25, -0.2) is 0 Å². The predicted octanol–water partition coefficient (Wildman–Crippen LogP) is 14.9. The summed E-state index contributed by atoms with van der Waals surface area (Å²) in [4.78, 5) is 9.97. The van der Waals surface area contributed by atoms with E-state index in [1.807, 2.05) is 6.20 Å². The Kier molecular flexibility index (Phi) is 7.49. The summed E-state index contributed by atoms with van der Waals surface area (Å²) in [6, 6.07) is 74.3. The number of hydrogen-bond acceptors (Lipinski definition) is 3. The normalized spacial score (nSPS) is 11.6. The maximum atomic E-state index is 5.17. The summed E-state index contributed by atoms with van der Waals surface area (Å²) in [6.07, 6.45) is 2.04. The standard InChI is InChI=1S/C53H35N3/c1-5-21-44-36(13-1)17-9-25-50(44)55(51-26-10-18-37-14-2-6-22-45(37)51)41-29-31-43-40(33-41)35-54-49-34-42(30-32-48(43)49)56(52-27-11-19-38-15-3-7-23-46(38)52)53-28-12-20-39-16-4-8-24-47(39)53/h1-35H. The van der Waals surface area contributed by atoms with Crippen LogP contribution >= 0.6 is 0 Å². The first-order valence-corrected chi connectivity index (χ1v) is 19.1. The smallest absolute Gasteiger partial charge is 0.0729 e. The first-order chi connectivity index (χ1) is 27.8. The van der Waals surface area contributed by atoms with Gasteiger partial charge in [-0.1, -0.05) is 158 Å². The van der Waals surface area contributed by atoms with Crippen LogP contribution in [0.2, 0.25) is 0 Å². The van der Waals surface area contributed by atoms with Crippen LogP contribution in [0, 0.1) is 0 Å². The summed E-state index contributed by atoms with van der Waals surface area (Å²) in [5.41, 5.74) is 7.64. The van der Waals surface area contributed by atoms with Crippen LogP contribution in [0.15, 0.2) is 212 Å².